The van der Waals surface area contributed by atoms with Crippen LogP contribution in [-0.4, -0.2) is 61.2 Å². The Morgan fingerprint density at radius 2 is 2.07 bits per heavy atom. The molecular formula is C17H23N3O5S2. The molecule has 27 heavy (non-hydrogen) atoms. The largest absolute Gasteiger partial charge is 0.440 e. The summed E-state index contributed by atoms with van der Waals surface area (Å²) in [6, 6.07) is 3.73. The van der Waals surface area contributed by atoms with E-state index in [0.717, 1.165) is 4.88 Å². The minimum Gasteiger partial charge on any atom is -0.440 e. The van der Waals surface area contributed by atoms with Gasteiger partial charge in [-0.1, -0.05) is 6.07 Å². The molecule has 0 spiro atoms. The van der Waals surface area contributed by atoms with Crippen LogP contribution in [0.4, 0.5) is 0 Å². The van der Waals surface area contributed by atoms with Crippen molar-refractivity contribution in [2.24, 2.45) is 0 Å². The minimum absolute atomic E-state index is 0.00191. The van der Waals surface area contributed by atoms with E-state index in [-0.39, 0.29) is 30.2 Å². The zero-order chi connectivity index (χ0) is 19.6. The molecule has 148 valence electrons. The molecule has 1 aliphatic rings. The molecule has 1 fully saturated rings. The average Bonchev–Trinajstić information content (AvgIpc) is 3.23. The van der Waals surface area contributed by atoms with Crippen LogP contribution in [0.15, 0.2) is 21.9 Å². The van der Waals surface area contributed by atoms with Gasteiger partial charge >= 0.3 is 0 Å². The SMILES string of the molecule is Cc1oc(-c2cccs2)nc1C(=O)NCCS(=O)(=O)N1CC(C)OC(C)C1. The van der Waals surface area contributed by atoms with Gasteiger partial charge in [0.2, 0.25) is 15.9 Å². The topological polar surface area (TPSA) is 102 Å². The number of aromatic nitrogens is 1. The molecule has 0 bridgehead atoms. The van der Waals surface area contributed by atoms with Crippen molar-refractivity contribution in [1.82, 2.24) is 14.6 Å². The second kappa shape index (κ2) is 8.09. The number of sulfonamides is 1. The molecule has 2 atom stereocenters. The summed E-state index contributed by atoms with van der Waals surface area (Å²) in [4.78, 5) is 17.4. The van der Waals surface area contributed by atoms with Gasteiger partial charge in [0, 0.05) is 19.6 Å². The number of aryl methyl sites for hydroxylation is 1. The van der Waals surface area contributed by atoms with Crippen molar-refractivity contribution in [3.8, 4) is 10.8 Å². The maximum absolute atomic E-state index is 12.5. The van der Waals surface area contributed by atoms with Gasteiger partial charge in [0.25, 0.3) is 5.91 Å². The molecular weight excluding hydrogens is 390 g/mol. The number of amides is 1. The summed E-state index contributed by atoms with van der Waals surface area (Å²) < 4.78 is 37.5. The molecule has 3 heterocycles. The first-order valence-electron chi connectivity index (χ1n) is 8.69. The first-order valence-corrected chi connectivity index (χ1v) is 11.2. The van der Waals surface area contributed by atoms with Crippen molar-refractivity contribution >= 4 is 27.3 Å². The quantitative estimate of drug-likeness (QED) is 0.776. The number of hydrogen-bond donors (Lipinski definition) is 1. The van der Waals surface area contributed by atoms with Crippen molar-refractivity contribution in [2.45, 2.75) is 33.0 Å². The lowest BCUT2D eigenvalue weighted by atomic mass is 10.3. The van der Waals surface area contributed by atoms with E-state index in [1.54, 1.807) is 6.92 Å². The Morgan fingerprint density at radius 3 is 2.70 bits per heavy atom. The summed E-state index contributed by atoms with van der Waals surface area (Å²) in [5.41, 5.74) is 0.171. The first-order chi connectivity index (χ1) is 12.8. The molecule has 2 aromatic heterocycles. The van der Waals surface area contributed by atoms with Crippen LogP contribution in [0.2, 0.25) is 0 Å². The summed E-state index contributed by atoms with van der Waals surface area (Å²) in [5.74, 6) is 0.163. The Bertz CT molecular complexity index is 882. The second-order valence-electron chi connectivity index (χ2n) is 6.55. The molecule has 1 aliphatic heterocycles. The number of nitrogens with one attached hydrogen (secondary N) is 1. The van der Waals surface area contributed by atoms with Gasteiger partial charge < -0.3 is 14.5 Å². The predicted octanol–water partition coefficient (Wildman–Crippen LogP) is 1.88. The number of thiophene rings is 1. The van der Waals surface area contributed by atoms with Crippen molar-refractivity contribution in [1.29, 1.82) is 0 Å². The minimum atomic E-state index is -3.47. The van der Waals surface area contributed by atoms with Gasteiger partial charge in [-0.05, 0) is 32.2 Å². The summed E-state index contributed by atoms with van der Waals surface area (Å²) in [7, 11) is -3.47. The Labute approximate surface area is 162 Å². The van der Waals surface area contributed by atoms with Gasteiger partial charge in [-0.2, -0.15) is 4.31 Å². The van der Waals surface area contributed by atoms with E-state index in [9.17, 15) is 13.2 Å². The van der Waals surface area contributed by atoms with Crippen LogP contribution in [-0.2, 0) is 14.8 Å². The lowest BCUT2D eigenvalue weighted by Crippen LogP contribution is -2.49. The fourth-order valence-corrected chi connectivity index (χ4v) is 5.12. The molecule has 1 N–H and O–H groups in total. The molecule has 3 rings (SSSR count). The number of nitrogens with zero attached hydrogens (tertiary/aromatic N) is 2. The van der Waals surface area contributed by atoms with E-state index in [1.807, 2.05) is 31.4 Å². The highest BCUT2D eigenvalue weighted by atomic mass is 32.2. The van der Waals surface area contributed by atoms with E-state index < -0.39 is 15.9 Å². The number of ether oxygens (including phenoxy) is 1. The van der Waals surface area contributed by atoms with Crippen molar-refractivity contribution in [3.63, 3.8) is 0 Å². The number of morpholine rings is 1. The molecule has 0 saturated carbocycles. The third kappa shape index (κ3) is 4.75. The number of carbonyl (C=O) groups is 1. The Hall–Kier alpha value is -1.75. The van der Waals surface area contributed by atoms with Crippen LogP contribution in [0.25, 0.3) is 10.8 Å². The van der Waals surface area contributed by atoms with E-state index in [2.05, 4.69) is 10.3 Å². The molecule has 8 nitrogen and oxygen atoms in total. The second-order valence-corrected chi connectivity index (χ2v) is 9.58. The lowest BCUT2D eigenvalue weighted by molar-refractivity contribution is -0.0440. The predicted molar refractivity (Wildman–Crippen MR) is 102 cm³/mol. The summed E-state index contributed by atoms with van der Waals surface area (Å²) in [6.07, 6.45) is -0.293. The molecule has 2 aromatic rings. The van der Waals surface area contributed by atoms with Crippen LogP contribution >= 0.6 is 11.3 Å². The van der Waals surface area contributed by atoms with E-state index >= 15 is 0 Å². The van der Waals surface area contributed by atoms with Gasteiger partial charge in [0.05, 0.1) is 22.8 Å². The lowest BCUT2D eigenvalue weighted by Gasteiger charge is -2.34. The highest BCUT2D eigenvalue weighted by Gasteiger charge is 2.30. The fraction of sp³-hybridized carbons (Fsp3) is 0.529. The van der Waals surface area contributed by atoms with Crippen molar-refractivity contribution in [2.75, 3.05) is 25.4 Å². The van der Waals surface area contributed by atoms with Gasteiger partial charge in [0.1, 0.15) is 5.76 Å². The molecule has 0 aliphatic carbocycles. The number of oxazole rings is 1. The van der Waals surface area contributed by atoms with Crippen LogP contribution in [0.1, 0.15) is 30.1 Å². The Balaban J connectivity index is 1.58. The maximum Gasteiger partial charge on any atom is 0.273 e. The highest BCUT2D eigenvalue weighted by molar-refractivity contribution is 7.89. The van der Waals surface area contributed by atoms with Gasteiger partial charge in [-0.25, -0.2) is 13.4 Å². The summed E-state index contributed by atoms with van der Waals surface area (Å²) >= 11 is 1.46. The molecule has 2 unspecified atom stereocenters. The van der Waals surface area contributed by atoms with E-state index in [1.165, 1.54) is 15.6 Å². The van der Waals surface area contributed by atoms with Crippen LogP contribution in [0.5, 0.6) is 0 Å². The highest BCUT2D eigenvalue weighted by Crippen LogP contribution is 2.25. The molecule has 1 saturated heterocycles. The van der Waals surface area contributed by atoms with Gasteiger partial charge in [0.15, 0.2) is 5.69 Å². The fourth-order valence-electron chi connectivity index (χ4n) is 2.98. The van der Waals surface area contributed by atoms with Crippen LogP contribution in [0.3, 0.4) is 0 Å². The summed E-state index contributed by atoms with van der Waals surface area (Å²) in [6.45, 7) is 6.01. The standard InChI is InChI=1S/C17H23N3O5S2/c1-11-9-20(10-12(2)24-11)27(22,23)8-6-18-16(21)15-13(3)25-17(19-15)14-5-4-7-26-14/h4-5,7,11-12H,6,8-10H2,1-3H3,(H,18,21). The van der Waals surface area contributed by atoms with Crippen molar-refractivity contribution < 1.29 is 22.4 Å². The van der Waals surface area contributed by atoms with Gasteiger partial charge in [-0.3, -0.25) is 4.79 Å². The monoisotopic (exact) mass is 413 g/mol. The molecule has 1 amide bonds. The van der Waals surface area contributed by atoms with Crippen LogP contribution < -0.4 is 5.32 Å². The molecule has 0 radical (unpaired) electrons. The zero-order valence-corrected chi connectivity index (χ0v) is 17.1. The number of carbonyl (C=O) groups excluding carboxylic acids is 1. The van der Waals surface area contributed by atoms with Crippen LogP contribution in [0, 0.1) is 6.92 Å². The maximum atomic E-state index is 12.5. The Morgan fingerprint density at radius 1 is 1.37 bits per heavy atom. The van der Waals surface area contributed by atoms with Gasteiger partial charge in [-0.15, -0.1) is 11.3 Å². The first kappa shape index (κ1) is 20.0. The molecule has 0 aromatic carbocycles. The average molecular weight is 414 g/mol. The third-order valence-corrected chi connectivity index (χ3v) is 6.83. The number of hydrogen-bond acceptors (Lipinski definition) is 7. The Kier molecular flexibility index (Phi) is 5.99. The zero-order valence-electron chi connectivity index (χ0n) is 15.5. The van der Waals surface area contributed by atoms with Crippen molar-refractivity contribution in [3.05, 3.63) is 29.0 Å². The van der Waals surface area contributed by atoms with E-state index in [0.29, 0.717) is 24.7 Å². The van der Waals surface area contributed by atoms with E-state index in [4.69, 9.17) is 9.15 Å². The normalized spacial score (nSPS) is 21.3. The smallest absolute Gasteiger partial charge is 0.273 e. The third-order valence-electron chi connectivity index (χ3n) is 4.17. The number of rotatable bonds is 6. The summed E-state index contributed by atoms with van der Waals surface area (Å²) in [5, 5.41) is 4.52. The molecule has 10 heteroatoms.